The molecular formula is C16H18O6. The van der Waals surface area contributed by atoms with E-state index in [0.29, 0.717) is 12.8 Å². The first-order chi connectivity index (χ1) is 10.3. The fourth-order valence-electron chi connectivity index (χ4n) is 5.61. The third-order valence-corrected chi connectivity index (χ3v) is 6.77. The Bertz CT molecular complexity index is 655. The second kappa shape index (κ2) is 3.41. The van der Waals surface area contributed by atoms with Gasteiger partial charge >= 0.3 is 11.9 Å². The van der Waals surface area contributed by atoms with Gasteiger partial charge in [-0.3, -0.25) is 4.79 Å². The van der Waals surface area contributed by atoms with Crippen LogP contribution in [-0.2, 0) is 23.8 Å². The molecule has 0 amide bonds. The summed E-state index contributed by atoms with van der Waals surface area (Å²) in [5.74, 6) is -0.786. The standard InChI is InChI=1S/C16H18O6/c1-14-4-3-8(17)15(2)7-5-9(18)20-6-16(7)12(22-16)10(11(14)15)21-13(14)19/h5,8,10-12,17H,3-4,6H2,1-2H3/t8-,10+,11?,12-,14+,15+,16+/m1/s1. The molecule has 1 N–H and O–H groups in total. The number of hydrogen-bond donors (Lipinski definition) is 1. The van der Waals surface area contributed by atoms with Crippen LogP contribution in [0.1, 0.15) is 26.7 Å². The van der Waals surface area contributed by atoms with E-state index in [9.17, 15) is 14.7 Å². The zero-order chi connectivity index (χ0) is 15.5. The lowest BCUT2D eigenvalue weighted by molar-refractivity contribution is -0.150. The quantitative estimate of drug-likeness (QED) is 0.513. The van der Waals surface area contributed by atoms with Gasteiger partial charge in [-0.1, -0.05) is 6.92 Å². The maximum Gasteiger partial charge on any atom is 0.330 e. The van der Waals surface area contributed by atoms with Gasteiger partial charge in [0.2, 0.25) is 0 Å². The first-order valence-electron chi connectivity index (χ1n) is 7.80. The fourth-order valence-corrected chi connectivity index (χ4v) is 5.61. The highest BCUT2D eigenvalue weighted by molar-refractivity contribution is 5.87. The van der Waals surface area contributed by atoms with Crippen molar-refractivity contribution >= 4 is 11.9 Å². The van der Waals surface area contributed by atoms with Gasteiger partial charge in [-0.2, -0.15) is 0 Å². The highest BCUT2D eigenvalue weighted by Crippen LogP contribution is 2.71. The zero-order valence-corrected chi connectivity index (χ0v) is 12.5. The largest absolute Gasteiger partial charge is 0.459 e. The van der Waals surface area contributed by atoms with Gasteiger partial charge in [0.25, 0.3) is 0 Å². The molecule has 3 heterocycles. The minimum absolute atomic E-state index is 0.141. The maximum absolute atomic E-state index is 12.5. The molecule has 0 aromatic rings. The molecule has 6 nitrogen and oxygen atoms in total. The Morgan fingerprint density at radius 3 is 2.86 bits per heavy atom. The molecule has 5 rings (SSSR count). The summed E-state index contributed by atoms with van der Waals surface area (Å²) in [4.78, 5) is 24.3. The average molecular weight is 306 g/mol. The van der Waals surface area contributed by atoms with Gasteiger partial charge in [0.1, 0.15) is 18.8 Å². The summed E-state index contributed by atoms with van der Waals surface area (Å²) >= 11 is 0. The van der Waals surface area contributed by atoms with Crippen LogP contribution in [0, 0.1) is 16.7 Å². The van der Waals surface area contributed by atoms with Gasteiger partial charge in [-0.15, -0.1) is 0 Å². The lowest BCUT2D eigenvalue weighted by atomic mass is 9.47. The monoisotopic (exact) mass is 306 g/mol. The third-order valence-electron chi connectivity index (χ3n) is 6.77. The molecule has 6 heteroatoms. The van der Waals surface area contributed by atoms with E-state index in [4.69, 9.17) is 14.2 Å². The normalized spacial score (nSPS) is 57.9. The molecule has 22 heavy (non-hydrogen) atoms. The topological polar surface area (TPSA) is 85.4 Å². The summed E-state index contributed by atoms with van der Waals surface area (Å²) in [6.45, 7) is 4.00. The van der Waals surface area contributed by atoms with E-state index in [0.717, 1.165) is 5.57 Å². The zero-order valence-electron chi connectivity index (χ0n) is 12.5. The lowest BCUT2D eigenvalue weighted by Crippen LogP contribution is -2.62. The maximum atomic E-state index is 12.5. The summed E-state index contributed by atoms with van der Waals surface area (Å²) in [6.07, 6.45) is 1.33. The first-order valence-corrected chi connectivity index (χ1v) is 7.80. The van der Waals surface area contributed by atoms with Crippen LogP contribution < -0.4 is 0 Å². The number of ether oxygens (including phenoxy) is 3. The molecule has 0 aromatic carbocycles. The van der Waals surface area contributed by atoms with Crippen molar-refractivity contribution in [2.45, 2.75) is 50.6 Å². The molecule has 7 atom stereocenters. The molecule has 2 saturated carbocycles. The second-order valence-corrected chi connectivity index (χ2v) is 7.70. The molecule has 0 radical (unpaired) electrons. The van der Waals surface area contributed by atoms with Crippen molar-refractivity contribution in [3.63, 3.8) is 0 Å². The highest BCUT2D eigenvalue weighted by Gasteiger charge is 2.81. The second-order valence-electron chi connectivity index (χ2n) is 7.70. The number of aliphatic hydroxyl groups is 1. The number of esters is 2. The molecule has 118 valence electrons. The molecule has 0 bridgehead atoms. The van der Waals surface area contributed by atoms with E-state index in [1.807, 2.05) is 13.8 Å². The molecule has 3 aliphatic heterocycles. The van der Waals surface area contributed by atoms with Crippen LogP contribution in [0.4, 0.5) is 0 Å². The Kier molecular flexibility index (Phi) is 2.03. The van der Waals surface area contributed by atoms with Crippen molar-refractivity contribution in [1.82, 2.24) is 0 Å². The number of fused-ring (bicyclic) bond motifs is 2. The number of hydrogen-bond acceptors (Lipinski definition) is 6. The Morgan fingerprint density at radius 1 is 1.32 bits per heavy atom. The molecule has 2 aliphatic carbocycles. The van der Waals surface area contributed by atoms with Gasteiger partial charge in [0.15, 0.2) is 5.60 Å². The molecule has 2 saturated heterocycles. The molecule has 1 spiro atoms. The summed E-state index contributed by atoms with van der Waals surface area (Å²) in [7, 11) is 0. The van der Waals surface area contributed by atoms with E-state index in [1.165, 1.54) is 6.08 Å². The SMILES string of the molecule is C[C@@]12CC[C@@H](O)[C@]3(C)C4=CC(=O)OC[C@]45O[C@@H]5[C@@H](OC1=O)C23. The average Bonchev–Trinajstić information content (AvgIpc) is 3.13. The summed E-state index contributed by atoms with van der Waals surface area (Å²) in [5, 5.41) is 10.8. The Labute approximate surface area is 127 Å². The number of carbonyl (C=O) groups is 2. The number of aliphatic hydroxyl groups excluding tert-OH is 1. The van der Waals surface area contributed by atoms with E-state index in [1.54, 1.807) is 0 Å². The number of cyclic esters (lactones) is 1. The van der Waals surface area contributed by atoms with Crippen LogP contribution in [0.2, 0.25) is 0 Å². The molecular weight excluding hydrogens is 288 g/mol. The first kappa shape index (κ1) is 13.1. The molecule has 5 aliphatic rings. The van der Waals surface area contributed by atoms with Crippen molar-refractivity contribution in [3.05, 3.63) is 11.6 Å². The molecule has 0 aromatic heterocycles. The number of carbonyl (C=O) groups excluding carboxylic acids is 2. The van der Waals surface area contributed by atoms with Gasteiger partial charge in [-0.25, -0.2) is 4.79 Å². The summed E-state index contributed by atoms with van der Waals surface area (Å²) < 4.78 is 16.7. The van der Waals surface area contributed by atoms with Gasteiger partial charge in [-0.05, 0) is 25.3 Å². The predicted molar refractivity (Wildman–Crippen MR) is 71.5 cm³/mol. The van der Waals surface area contributed by atoms with Crippen LogP contribution in [0.25, 0.3) is 0 Å². The van der Waals surface area contributed by atoms with E-state index in [2.05, 4.69) is 0 Å². The van der Waals surface area contributed by atoms with Gasteiger partial charge in [0.05, 0.1) is 11.5 Å². The van der Waals surface area contributed by atoms with E-state index < -0.39 is 28.5 Å². The van der Waals surface area contributed by atoms with Crippen molar-refractivity contribution in [2.24, 2.45) is 16.7 Å². The van der Waals surface area contributed by atoms with Crippen LogP contribution in [0.5, 0.6) is 0 Å². The minimum atomic E-state index is -0.701. The summed E-state index contributed by atoms with van der Waals surface area (Å²) in [6, 6.07) is 0. The highest BCUT2D eigenvalue weighted by atomic mass is 16.7. The van der Waals surface area contributed by atoms with Crippen molar-refractivity contribution in [1.29, 1.82) is 0 Å². The van der Waals surface area contributed by atoms with Crippen LogP contribution in [-0.4, -0.2) is 47.6 Å². The Morgan fingerprint density at radius 2 is 2.09 bits per heavy atom. The van der Waals surface area contributed by atoms with E-state index >= 15 is 0 Å². The lowest BCUT2D eigenvalue weighted by Gasteiger charge is -2.54. The van der Waals surface area contributed by atoms with Crippen LogP contribution in [0.15, 0.2) is 11.6 Å². The number of epoxide rings is 1. The van der Waals surface area contributed by atoms with Gasteiger partial charge in [0, 0.05) is 17.4 Å². The Balaban J connectivity index is 1.76. The van der Waals surface area contributed by atoms with Crippen molar-refractivity contribution < 1.29 is 28.9 Å². The van der Waals surface area contributed by atoms with Gasteiger partial charge < -0.3 is 19.3 Å². The van der Waals surface area contributed by atoms with E-state index in [-0.39, 0.29) is 30.7 Å². The van der Waals surface area contributed by atoms with Crippen molar-refractivity contribution in [3.8, 4) is 0 Å². The molecule has 4 fully saturated rings. The third kappa shape index (κ3) is 1.12. The number of rotatable bonds is 0. The summed E-state index contributed by atoms with van der Waals surface area (Å²) in [5.41, 5.74) is -1.23. The molecule has 1 unspecified atom stereocenters. The fraction of sp³-hybridized carbons (Fsp3) is 0.750. The van der Waals surface area contributed by atoms with Crippen LogP contribution in [0.3, 0.4) is 0 Å². The van der Waals surface area contributed by atoms with Crippen LogP contribution >= 0.6 is 0 Å². The minimum Gasteiger partial charge on any atom is -0.459 e. The smallest absolute Gasteiger partial charge is 0.330 e. The predicted octanol–water partition coefficient (Wildman–Crippen LogP) is 0.330. The van der Waals surface area contributed by atoms with Crippen molar-refractivity contribution in [2.75, 3.05) is 6.61 Å². The Hall–Kier alpha value is -1.40.